The third kappa shape index (κ3) is 2.55. The summed E-state index contributed by atoms with van der Waals surface area (Å²) in [6.07, 6.45) is 4.39. The maximum atomic E-state index is 4.38. The van der Waals surface area contributed by atoms with E-state index >= 15 is 0 Å². The number of aryl methyl sites for hydroxylation is 1. The van der Waals surface area contributed by atoms with Gasteiger partial charge in [-0.3, -0.25) is 0 Å². The summed E-state index contributed by atoms with van der Waals surface area (Å²) in [4.78, 5) is 6.83. The molecule has 1 N–H and O–H groups in total. The number of pyridine rings is 1. The van der Waals surface area contributed by atoms with Crippen LogP contribution in [-0.2, 0) is 13.0 Å². The fraction of sp³-hybridized carbons (Fsp3) is 0.312. The van der Waals surface area contributed by atoms with Crippen LogP contribution < -0.4 is 10.2 Å². The highest BCUT2D eigenvalue weighted by Crippen LogP contribution is 2.27. The maximum absolute atomic E-state index is 4.38. The van der Waals surface area contributed by atoms with Crippen LogP contribution in [-0.4, -0.2) is 18.6 Å². The first-order valence-electron chi connectivity index (χ1n) is 6.82. The van der Waals surface area contributed by atoms with E-state index in [9.17, 15) is 0 Å². The lowest BCUT2D eigenvalue weighted by atomic mass is 10.0. The number of nitrogens with zero attached hydrogens (tertiary/aromatic N) is 2. The van der Waals surface area contributed by atoms with E-state index in [0.29, 0.717) is 0 Å². The fourth-order valence-electron chi connectivity index (χ4n) is 2.66. The molecule has 0 unspecified atom stereocenters. The Morgan fingerprint density at radius 3 is 2.89 bits per heavy atom. The predicted octanol–water partition coefficient (Wildman–Crippen LogP) is 3.08. The molecule has 3 nitrogen and oxygen atoms in total. The zero-order chi connectivity index (χ0) is 13.1. The second-order valence-electron chi connectivity index (χ2n) is 4.96. The smallest absolute Gasteiger partial charge is 0.125 e. The second kappa shape index (κ2) is 5.31. The van der Waals surface area contributed by atoms with Gasteiger partial charge in [0.05, 0.1) is 0 Å². The number of aromatic nitrogens is 1. The topological polar surface area (TPSA) is 28.2 Å². The maximum Gasteiger partial charge on any atom is 0.125 e. The van der Waals surface area contributed by atoms with Gasteiger partial charge in [0.25, 0.3) is 0 Å². The molecule has 1 aromatic heterocycles. The average molecular weight is 253 g/mol. The third-order valence-corrected chi connectivity index (χ3v) is 3.66. The van der Waals surface area contributed by atoms with Crippen LogP contribution in [0.15, 0.2) is 42.6 Å². The molecular weight excluding hydrogens is 234 g/mol. The van der Waals surface area contributed by atoms with Crippen molar-refractivity contribution in [2.24, 2.45) is 0 Å². The van der Waals surface area contributed by atoms with Gasteiger partial charge < -0.3 is 10.2 Å². The molecule has 0 spiro atoms. The number of hydrogen-bond donors (Lipinski definition) is 1. The Labute approximate surface area is 114 Å². The average Bonchev–Trinajstić information content (AvgIpc) is 2.48. The Kier molecular flexibility index (Phi) is 3.36. The predicted molar refractivity (Wildman–Crippen MR) is 79.6 cm³/mol. The molecule has 0 saturated heterocycles. The first-order valence-corrected chi connectivity index (χ1v) is 6.82. The molecule has 3 heteroatoms. The summed E-state index contributed by atoms with van der Waals surface area (Å²) in [7, 11) is 1.89. The Hall–Kier alpha value is -2.03. The number of benzene rings is 1. The SMILES string of the molecule is CNc1ccc(CN2CCCc3ccccc32)cn1. The van der Waals surface area contributed by atoms with E-state index in [1.807, 2.05) is 19.3 Å². The molecule has 98 valence electrons. The first kappa shape index (κ1) is 12.0. The van der Waals surface area contributed by atoms with Crippen molar-refractivity contribution < 1.29 is 0 Å². The quantitative estimate of drug-likeness (QED) is 0.911. The summed E-state index contributed by atoms with van der Waals surface area (Å²) in [5, 5.41) is 3.05. The first-order chi connectivity index (χ1) is 9.36. The van der Waals surface area contributed by atoms with Crippen molar-refractivity contribution in [1.29, 1.82) is 0 Å². The highest BCUT2D eigenvalue weighted by atomic mass is 15.1. The van der Waals surface area contributed by atoms with E-state index in [0.717, 1.165) is 18.9 Å². The lowest BCUT2D eigenvalue weighted by Gasteiger charge is -2.31. The number of rotatable bonds is 3. The van der Waals surface area contributed by atoms with Crippen LogP contribution in [0.25, 0.3) is 0 Å². The molecule has 0 bridgehead atoms. The van der Waals surface area contributed by atoms with Crippen LogP contribution in [0, 0.1) is 0 Å². The number of para-hydroxylation sites is 1. The molecule has 0 saturated carbocycles. The van der Waals surface area contributed by atoms with Crippen LogP contribution in [0.4, 0.5) is 11.5 Å². The number of fused-ring (bicyclic) bond motifs is 1. The van der Waals surface area contributed by atoms with Crippen molar-refractivity contribution in [3.8, 4) is 0 Å². The van der Waals surface area contributed by atoms with E-state index in [1.54, 1.807) is 0 Å². The summed E-state index contributed by atoms with van der Waals surface area (Å²) in [5.74, 6) is 0.919. The summed E-state index contributed by atoms with van der Waals surface area (Å²) in [6, 6.07) is 12.9. The fourth-order valence-corrected chi connectivity index (χ4v) is 2.66. The highest BCUT2D eigenvalue weighted by Gasteiger charge is 2.16. The van der Waals surface area contributed by atoms with Gasteiger partial charge in [0.1, 0.15) is 5.82 Å². The highest BCUT2D eigenvalue weighted by molar-refractivity contribution is 5.55. The van der Waals surface area contributed by atoms with E-state index in [-0.39, 0.29) is 0 Å². The van der Waals surface area contributed by atoms with E-state index in [1.165, 1.54) is 29.7 Å². The van der Waals surface area contributed by atoms with Gasteiger partial charge in [-0.05, 0) is 36.1 Å². The number of nitrogens with one attached hydrogen (secondary N) is 1. The molecule has 1 aliphatic rings. The van der Waals surface area contributed by atoms with Gasteiger partial charge in [-0.1, -0.05) is 24.3 Å². The molecule has 1 aromatic carbocycles. The molecule has 1 aliphatic heterocycles. The van der Waals surface area contributed by atoms with E-state index in [4.69, 9.17) is 0 Å². The lowest BCUT2D eigenvalue weighted by Crippen LogP contribution is -2.28. The van der Waals surface area contributed by atoms with Crippen molar-refractivity contribution in [2.45, 2.75) is 19.4 Å². The summed E-state index contributed by atoms with van der Waals surface area (Å²) in [5.41, 5.74) is 4.11. The molecule has 19 heavy (non-hydrogen) atoms. The van der Waals surface area contributed by atoms with Crippen LogP contribution in [0.2, 0.25) is 0 Å². The molecule has 0 aliphatic carbocycles. The molecule has 2 heterocycles. The van der Waals surface area contributed by atoms with Gasteiger partial charge in [-0.15, -0.1) is 0 Å². The zero-order valence-electron chi connectivity index (χ0n) is 11.3. The van der Waals surface area contributed by atoms with Crippen LogP contribution in [0.1, 0.15) is 17.5 Å². The van der Waals surface area contributed by atoms with Crippen molar-refractivity contribution in [3.63, 3.8) is 0 Å². The van der Waals surface area contributed by atoms with Crippen molar-refractivity contribution in [2.75, 3.05) is 23.8 Å². The number of anilines is 2. The van der Waals surface area contributed by atoms with Crippen LogP contribution in [0.3, 0.4) is 0 Å². The standard InChI is InChI=1S/C16H19N3/c1-17-16-9-8-13(11-18-16)12-19-10-4-6-14-5-2-3-7-15(14)19/h2-3,5,7-9,11H,4,6,10,12H2,1H3,(H,17,18). The van der Waals surface area contributed by atoms with Crippen LogP contribution >= 0.6 is 0 Å². The molecule has 0 atom stereocenters. The van der Waals surface area contributed by atoms with Gasteiger partial charge in [-0.2, -0.15) is 0 Å². The van der Waals surface area contributed by atoms with Crippen molar-refractivity contribution >= 4 is 11.5 Å². The molecular formula is C16H19N3. The van der Waals surface area contributed by atoms with Gasteiger partial charge in [0.2, 0.25) is 0 Å². The summed E-state index contributed by atoms with van der Waals surface area (Å²) < 4.78 is 0. The molecule has 3 rings (SSSR count). The van der Waals surface area contributed by atoms with Crippen molar-refractivity contribution in [3.05, 3.63) is 53.7 Å². The molecule has 2 aromatic rings. The van der Waals surface area contributed by atoms with E-state index in [2.05, 4.69) is 45.5 Å². The Balaban J connectivity index is 1.80. The Bertz CT molecular complexity index is 548. The Morgan fingerprint density at radius 1 is 1.21 bits per heavy atom. The number of hydrogen-bond acceptors (Lipinski definition) is 3. The minimum absolute atomic E-state index is 0.919. The van der Waals surface area contributed by atoms with Gasteiger partial charge >= 0.3 is 0 Å². The normalized spacial score (nSPS) is 14.1. The van der Waals surface area contributed by atoms with Gasteiger partial charge in [0, 0.05) is 32.0 Å². The molecule has 0 fully saturated rings. The van der Waals surface area contributed by atoms with E-state index < -0.39 is 0 Å². The van der Waals surface area contributed by atoms with Gasteiger partial charge in [0.15, 0.2) is 0 Å². The summed E-state index contributed by atoms with van der Waals surface area (Å²) in [6.45, 7) is 2.07. The zero-order valence-corrected chi connectivity index (χ0v) is 11.3. The Morgan fingerprint density at radius 2 is 2.11 bits per heavy atom. The second-order valence-corrected chi connectivity index (χ2v) is 4.96. The molecule has 0 radical (unpaired) electrons. The van der Waals surface area contributed by atoms with Crippen LogP contribution in [0.5, 0.6) is 0 Å². The van der Waals surface area contributed by atoms with Gasteiger partial charge in [-0.25, -0.2) is 4.98 Å². The third-order valence-electron chi connectivity index (χ3n) is 3.66. The summed E-state index contributed by atoms with van der Waals surface area (Å²) >= 11 is 0. The minimum atomic E-state index is 0.919. The molecule has 0 amide bonds. The minimum Gasteiger partial charge on any atom is -0.373 e. The largest absolute Gasteiger partial charge is 0.373 e. The van der Waals surface area contributed by atoms with Crippen molar-refractivity contribution in [1.82, 2.24) is 4.98 Å². The monoisotopic (exact) mass is 253 g/mol. The lowest BCUT2D eigenvalue weighted by molar-refractivity contribution is 0.690.